The van der Waals surface area contributed by atoms with Crippen LogP contribution >= 0.6 is 11.8 Å². The van der Waals surface area contributed by atoms with E-state index in [0.29, 0.717) is 0 Å². The summed E-state index contributed by atoms with van der Waals surface area (Å²) in [5.74, 6) is -0.962. The molecule has 0 fully saturated rings. The summed E-state index contributed by atoms with van der Waals surface area (Å²) < 4.78 is 0. The van der Waals surface area contributed by atoms with Crippen LogP contribution in [0.4, 0.5) is 0 Å². The SMILES string of the molecule is CC(Sc1nncc(=O)[nH]1)C(=O)O. The van der Waals surface area contributed by atoms with E-state index in [9.17, 15) is 9.59 Å². The minimum Gasteiger partial charge on any atom is -0.480 e. The van der Waals surface area contributed by atoms with E-state index in [-0.39, 0.29) is 5.16 Å². The van der Waals surface area contributed by atoms with Crippen molar-refractivity contribution < 1.29 is 9.90 Å². The fraction of sp³-hybridized carbons (Fsp3) is 0.333. The van der Waals surface area contributed by atoms with Crippen LogP contribution in [0.1, 0.15) is 6.92 Å². The van der Waals surface area contributed by atoms with Crippen LogP contribution < -0.4 is 5.56 Å². The van der Waals surface area contributed by atoms with Gasteiger partial charge in [-0.3, -0.25) is 14.6 Å². The summed E-state index contributed by atoms with van der Waals surface area (Å²) in [6.07, 6.45) is 1.02. The lowest BCUT2D eigenvalue weighted by Gasteiger charge is -2.02. The Morgan fingerprint density at radius 3 is 3.00 bits per heavy atom. The Balaban J connectivity index is 2.75. The molecule has 0 aliphatic heterocycles. The fourth-order valence-electron chi connectivity index (χ4n) is 0.567. The number of aromatic amines is 1. The summed E-state index contributed by atoms with van der Waals surface area (Å²) >= 11 is 0.937. The first-order chi connectivity index (χ1) is 6.09. The number of nitrogens with zero attached hydrogens (tertiary/aromatic N) is 2. The Bertz CT molecular complexity index is 364. The van der Waals surface area contributed by atoms with Gasteiger partial charge in [-0.05, 0) is 6.92 Å². The Labute approximate surface area is 77.4 Å². The summed E-state index contributed by atoms with van der Waals surface area (Å²) in [4.78, 5) is 23.5. The van der Waals surface area contributed by atoms with E-state index >= 15 is 0 Å². The zero-order valence-electron chi connectivity index (χ0n) is 6.72. The molecule has 0 amide bonds. The lowest BCUT2D eigenvalue weighted by molar-refractivity contribution is -0.136. The summed E-state index contributed by atoms with van der Waals surface area (Å²) in [5, 5.41) is 15.0. The standard InChI is InChI=1S/C6H7N3O3S/c1-3(5(11)12)13-6-8-4(10)2-7-9-6/h2-3H,1H3,(H,11,12)(H,8,9,10). The smallest absolute Gasteiger partial charge is 0.316 e. The average Bonchev–Trinajstić information content (AvgIpc) is 2.04. The van der Waals surface area contributed by atoms with Gasteiger partial charge in [0.25, 0.3) is 5.56 Å². The average molecular weight is 201 g/mol. The van der Waals surface area contributed by atoms with Gasteiger partial charge in [-0.2, -0.15) is 5.10 Å². The molecule has 0 aliphatic carbocycles. The van der Waals surface area contributed by atoms with Crippen LogP contribution in [-0.4, -0.2) is 31.5 Å². The number of hydrogen-bond acceptors (Lipinski definition) is 5. The molecule has 0 aromatic carbocycles. The minimum absolute atomic E-state index is 0.211. The highest BCUT2D eigenvalue weighted by Crippen LogP contribution is 2.16. The second-order valence-electron chi connectivity index (χ2n) is 2.24. The van der Waals surface area contributed by atoms with Gasteiger partial charge in [-0.15, -0.1) is 5.10 Å². The van der Waals surface area contributed by atoms with Crippen LogP contribution in [0.5, 0.6) is 0 Å². The predicted molar refractivity (Wildman–Crippen MR) is 45.6 cm³/mol. The number of carboxylic acid groups (broad SMARTS) is 1. The van der Waals surface area contributed by atoms with Gasteiger partial charge in [0.1, 0.15) is 11.4 Å². The van der Waals surface area contributed by atoms with Gasteiger partial charge in [0.05, 0.1) is 0 Å². The Hall–Kier alpha value is -1.37. The lowest BCUT2D eigenvalue weighted by Crippen LogP contribution is -2.14. The second kappa shape index (κ2) is 4.04. The number of aromatic nitrogens is 3. The minimum atomic E-state index is -0.962. The Kier molecular flexibility index (Phi) is 3.02. The van der Waals surface area contributed by atoms with Crippen LogP contribution in [0.15, 0.2) is 16.1 Å². The first kappa shape index (κ1) is 9.72. The molecule has 7 heteroatoms. The van der Waals surface area contributed by atoms with Crippen molar-refractivity contribution in [2.45, 2.75) is 17.3 Å². The van der Waals surface area contributed by atoms with Crippen LogP contribution in [-0.2, 0) is 4.79 Å². The topological polar surface area (TPSA) is 95.9 Å². The number of rotatable bonds is 3. The number of H-pyrrole nitrogens is 1. The highest BCUT2D eigenvalue weighted by atomic mass is 32.2. The molecule has 70 valence electrons. The molecule has 1 aromatic rings. The molecule has 0 saturated heterocycles. The Morgan fingerprint density at radius 2 is 2.46 bits per heavy atom. The number of hydrogen-bond donors (Lipinski definition) is 2. The van der Waals surface area contributed by atoms with E-state index in [1.165, 1.54) is 6.92 Å². The van der Waals surface area contributed by atoms with E-state index in [1.54, 1.807) is 0 Å². The molecule has 1 aromatic heterocycles. The van der Waals surface area contributed by atoms with Crippen molar-refractivity contribution in [3.05, 3.63) is 16.6 Å². The van der Waals surface area contributed by atoms with E-state index in [2.05, 4.69) is 15.2 Å². The van der Waals surface area contributed by atoms with Gasteiger partial charge < -0.3 is 5.11 Å². The van der Waals surface area contributed by atoms with Crippen molar-refractivity contribution in [1.82, 2.24) is 15.2 Å². The number of aliphatic carboxylic acids is 1. The molecule has 1 heterocycles. The molecule has 2 N–H and O–H groups in total. The normalized spacial score (nSPS) is 12.4. The fourth-order valence-corrected chi connectivity index (χ4v) is 1.26. The van der Waals surface area contributed by atoms with Crippen LogP contribution in [0.2, 0.25) is 0 Å². The first-order valence-corrected chi connectivity index (χ1v) is 4.29. The van der Waals surface area contributed by atoms with Crippen molar-refractivity contribution in [1.29, 1.82) is 0 Å². The summed E-state index contributed by atoms with van der Waals surface area (Å²) in [7, 11) is 0. The van der Waals surface area contributed by atoms with Gasteiger partial charge in [-0.1, -0.05) is 11.8 Å². The highest BCUT2D eigenvalue weighted by molar-refractivity contribution is 8.00. The Morgan fingerprint density at radius 1 is 1.77 bits per heavy atom. The van der Waals surface area contributed by atoms with E-state index in [1.807, 2.05) is 0 Å². The summed E-state index contributed by atoms with van der Waals surface area (Å²) in [5.41, 5.74) is -0.393. The molecule has 6 nitrogen and oxygen atoms in total. The predicted octanol–water partition coefficient (Wildman–Crippen LogP) is -0.270. The largest absolute Gasteiger partial charge is 0.480 e. The zero-order valence-corrected chi connectivity index (χ0v) is 7.54. The van der Waals surface area contributed by atoms with Crippen LogP contribution in [0, 0.1) is 0 Å². The molecule has 13 heavy (non-hydrogen) atoms. The summed E-state index contributed by atoms with van der Waals surface area (Å²) in [6, 6.07) is 0. The molecule has 1 atom stereocenters. The van der Waals surface area contributed by atoms with E-state index < -0.39 is 16.8 Å². The maximum Gasteiger partial charge on any atom is 0.316 e. The highest BCUT2D eigenvalue weighted by Gasteiger charge is 2.13. The molecule has 1 rings (SSSR count). The maximum atomic E-state index is 10.7. The molecular formula is C6H7N3O3S. The summed E-state index contributed by atoms with van der Waals surface area (Å²) in [6.45, 7) is 1.50. The lowest BCUT2D eigenvalue weighted by atomic mass is 10.5. The molecule has 0 bridgehead atoms. The third-order valence-corrected chi connectivity index (χ3v) is 2.15. The van der Waals surface area contributed by atoms with Crippen molar-refractivity contribution in [2.75, 3.05) is 0 Å². The molecule has 0 radical (unpaired) electrons. The van der Waals surface area contributed by atoms with Gasteiger partial charge in [0.15, 0.2) is 5.16 Å². The molecule has 0 spiro atoms. The van der Waals surface area contributed by atoms with E-state index in [4.69, 9.17) is 5.11 Å². The van der Waals surface area contributed by atoms with E-state index in [0.717, 1.165) is 18.0 Å². The third kappa shape index (κ3) is 2.86. The number of carbonyl (C=O) groups is 1. The van der Waals surface area contributed by atoms with Crippen LogP contribution in [0.25, 0.3) is 0 Å². The van der Waals surface area contributed by atoms with Crippen molar-refractivity contribution in [2.24, 2.45) is 0 Å². The molecule has 0 aliphatic rings. The second-order valence-corrected chi connectivity index (χ2v) is 3.57. The monoisotopic (exact) mass is 201 g/mol. The zero-order chi connectivity index (χ0) is 9.84. The maximum absolute atomic E-state index is 10.7. The van der Waals surface area contributed by atoms with Gasteiger partial charge in [-0.25, -0.2) is 0 Å². The number of nitrogens with one attached hydrogen (secondary N) is 1. The number of carboxylic acids is 1. The molecular weight excluding hydrogens is 194 g/mol. The first-order valence-electron chi connectivity index (χ1n) is 3.41. The van der Waals surface area contributed by atoms with Crippen molar-refractivity contribution in [3.63, 3.8) is 0 Å². The van der Waals surface area contributed by atoms with Gasteiger partial charge >= 0.3 is 5.97 Å². The van der Waals surface area contributed by atoms with Crippen LogP contribution in [0.3, 0.4) is 0 Å². The molecule has 0 saturated carbocycles. The molecule has 1 unspecified atom stereocenters. The van der Waals surface area contributed by atoms with Gasteiger partial charge in [0, 0.05) is 0 Å². The quantitative estimate of drug-likeness (QED) is 0.653. The number of thioether (sulfide) groups is 1. The van der Waals surface area contributed by atoms with Crippen molar-refractivity contribution in [3.8, 4) is 0 Å². The van der Waals surface area contributed by atoms with Crippen molar-refractivity contribution >= 4 is 17.7 Å². The van der Waals surface area contributed by atoms with Gasteiger partial charge in [0.2, 0.25) is 0 Å². The third-order valence-electron chi connectivity index (χ3n) is 1.19.